The van der Waals surface area contributed by atoms with Crippen LogP contribution in [0.3, 0.4) is 0 Å². The summed E-state index contributed by atoms with van der Waals surface area (Å²) in [5.41, 5.74) is 0.435. The van der Waals surface area contributed by atoms with Crippen molar-refractivity contribution in [3.8, 4) is 23.0 Å². The van der Waals surface area contributed by atoms with E-state index in [0.29, 0.717) is 17.2 Å². The highest BCUT2D eigenvalue weighted by molar-refractivity contribution is 5.67. The van der Waals surface area contributed by atoms with Crippen LogP contribution in [0.2, 0.25) is 0 Å². The monoisotopic (exact) mass is 390 g/mol. The Morgan fingerprint density at radius 2 is 1.68 bits per heavy atom. The fraction of sp³-hybridized carbons (Fsp3) is 0.211. The Morgan fingerprint density at radius 3 is 2.29 bits per heavy atom. The zero-order chi connectivity index (χ0) is 20.3. The van der Waals surface area contributed by atoms with Gasteiger partial charge in [-0.1, -0.05) is 6.07 Å². The summed E-state index contributed by atoms with van der Waals surface area (Å²) in [6, 6.07) is 9.04. The first kappa shape index (κ1) is 19.4. The number of aromatic nitrogens is 3. The molecule has 0 aliphatic heterocycles. The van der Waals surface area contributed by atoms with Gasteiger partial charge in [0, 0.05) is 24.0 Å². The predicted octanol–water partition coefficient (Wildman–Crippen LogP) is 4.63. The van der Waals surface area contributed by atoms with Crippen LogP contribution in [0.5, 0.6) is 11.5 Å². The standard InChI is InChI=1S/C19H17F3N4O2/c1-11-8-14(27-2)15(28-3)9-13(11)24-17-10-16(19(20,21)22)25-18(26-17)12-6-4-5-7-23-12/h4-10H,1-3H3,(H,24,25,26). The van der Waals surface area contributed by atoms with Gasteiger partial charge in [0.05, 0.1) is 14.2 Å². The molecule has 1 N–H and O–H groups in total. The third-order valence-corrected chi connectivity index (χ3v) is 3.90. The van der Waals surface area contributed by atoms with Crippen LogP contribution in [0.25, 0.3) is 11.5 Å². The lowest BCUT2D eigenvalue weighted by Gasteiger charge is -2.15. The number of rotatable bonds is 5. The number of nitrogens with zero attached hydrogens (tertiary/aromatic N) is 3. The Labute approximate surface area is 159 Å². The minimum Gasteiger partial charge on any atom is -0.493 e. The molecule has 0 saturated heterocycles. The van der Waals surface area contributed by atoms with Gasteiger partial charge in [-0.15, -0.1) is 0 Å². The molecule has 6 nitrogen and oxygen atoms in total. The molecular formula is C19H17F3N4O2. The molecule has 0 spiro atoms. The molecule has 28 heavy (non-hydrogen) atoms. The fourth-order valence-electron chi connectivity index (χ4n) is 2.52. The van der Waals surface area contributed by atoms with Crippen molar-refractivity contribution >= 4 is 11.5 Å². The average Bonchev–Trinajstić information content (AvgIpc) is 2.69. The zero-order valence-electron chi connectivity index (χ0n) is 15.3. The summed E-state index contributed by atoms with van der Waals surface area (Å²) in [5, 5.41) is 2.91. The van der Waals surface area contributed by atoms with Crippen molar-refractivity contribution < 1.29 is 22.6 Å². The maximum absolute atomic E-state index is 13.3. The first-order chi connectivity index (χ1) is 13.3. The molecule has 0 aliphatic rings. The number of pyridine rings is 1. The molecule has 146 valence electrons. The second-order valence-electron chi connectivity index (χ2n) is 5.82. The maximum Gasteiger partial charge on any atom is 0.433 e. The molecule has 3 rings (SSSR count). The largest absolute Gasteiger partial charge is 0.493 e. The Kier molecular flexibility index (Phi) is 5.34. The van der Waals surface area contributed by atoms with Gasteiger partial charge in [0.2, 0.25) is 0 Å². The molecular weight excluding hydrogens is 373 g/mol. The van der Waals surface area contributed by atoms with Gasteiger partial charge in [0.15, 0.2) is 23.0 Å². The predicted molar refractivity (Wildman–Crippen MR) is 97.8 cm³/mol. The lowest BCUT2D eigenvalue weighted by Crippen LogP contribution is -2.11. The summed E-state index contributed by atoms with van der Waals surface area (Å²) in [6.45, 7) is 1.79. The molecule has 2 aromatic heterocycles. The van der Waals surface area contributed by atoms with Crippen molar-refractivity contribution in [1.82, 2.24) is 15.0 Å². The smallest absolute Gasteiger partial charge is 0.433 e. The molecule has 0 unspecified atom stereocenters. The summed E-state index contributed by atoms with van der Waals surface area (Å²) in [7, 11) is 2.98. The first-order valence-electron chi connectivity index (χ1n) is 8.19. The Morgan fingerprint density at radius 1 is 0.964 bits per heavy atom. The average molecular weight is 390 g/mol. The summed E-state index contributed by atoms with van der Waals surface area (Å²) < 4.78 is 50.5. The van der Waals surface area contributed by atoms with Crippen molar-refractivity contribution in [3.63, 3.8) is 0 Å². The van der Waals surface area contributed by atoms with Crippen LogP contribution in [-0.2, 0) is 6.18 Å². The van der Waals surface area contributed by atoms with Crippen LogP contribution in [0.15, 0.2) is 42.6 Å². The normalized spacial score (nSPS) is 11.2. The van der Waals surface area contributed by atoms with Crippen LogP contribution >= 0.6 is 0 Å². The number of anilines is 2. The maximum atomic E-state index is 13.3. The number of benzene rings is 1. The quantitative estimate of drug-likeness (QED) is 0.685. The van der Waals surface area contributed by atoms with Crippen molar-refractivity contribution in [1.29, 1.82) is 0 Å². The Bertz CT molecular complexity index is 979. The number of aryl methyl sites for hydroxylation is 1. The number of ether oxygens (including phenoxy) is 2. The van der Waals surface area contributed by atoms with Gasteiger partial charge in [0.25, 0.3) is 0 Å². The van der Waals surface area contributed by atoms with E-state index >= 15 is 0 Å². The van der Waals surface area contributed by atoms with Crippen molar-refractivity contribution in [2.45, 2.75) is 13.1 Å². The topological polar surface area (TPSA) is 69.2 Å². The highest BCUT2D eigenvalue weighted by Gasteiger charge is 2.34. The Balaban J connectivity index is 2.07. The minimum atomic E-state index is -4.63. The van der Waals surface area contributed by atoms with Crippen molar-refractivity contribution in [2.24, 2.45) is 0 Å². The van der Waals surface area contributed by atoms with E-state index in [1.54, 1.807) is 37.3 Å². The lowest BCUT2D eigenvalue weighted by molar-refractivity contribution is -0.141. The number of nitrogens with one attached hydrogen (secondary N) is 1. The molecule has 0 aliphatic carbocycles. The number of methoxy groups -OCH3 is 2. The lowest BCUT2D eigenvalue weighted by atomic mass is 10.1. The van der Waals surface area contributed by atoms with E-state index in [1.807, 2.05) is 0 Å². The summed E-state index contributed by atoms with van der Waals surface area (Å²) in [4.78, 5) is 11.8. The Hall–Kier alpha value is -3.36. The third-order valence-electron chi connectivity index (χ3n) is 3.90. The molecule has 0 atom stereocenters. The number of halogens is 3. The van der Waals surface area contributed by atoms with Gasteiger partial charge < -0.3 is 14.8 Å². The van der Waals surface area contributed by atoms with Gasteiger partial charge >= 0.3 is 6.18 Å². The van der Waals surface area contributed by atoms with E-state index in [9.17, 15) is 13.2 Å². The van der Waals surface area contributed by atoms with Gasteiger partial charge in [-0.05, 0) is 30.7 Å². The molecule has 0 amide bonds. The summed E-state index contributed by atoms with van der Waals surface area (Å²) in [5.74, 6) is 0.804. The molecule has 0 bridgehead atoms. The fourth-order valence-corrected chi connectivity index (χ4v) is 2.52. The third kappa shape index (κ3) is 4.13. The van der Waals surface area contributed by atoms with E-state index in [0.717, 1.165) is 11.6 Å². The van der Waals surface area contributed by atoms with E-state index < -0.39 is 11.9 Å². The van der Waals surface area contributed by atoms with E-state index in [-0.39, 0.29) is 17.3 Å². The highest BCUT2D eigenvalue weighted by atomic mass is 19.4. The van der Waals surface area contributed by atoms with Crippen LogP contribution in [0.4, 0.5) is 24.7 Å². The minimum absolute atomic E-state index is 0.0155. The zero-order valence-corrected chi connectivity index (χ0v) is 15.3. The molecule has 1 aromatic carbocycles. The van der Waals surface area contributed by atoms with Gasteiger partial charge in [-0.2, -0.15) is 13.2 Å². The van der Waals surface area contributed by atoms with E-state index in [1.165, 1.54) is 20.4 Å². The van der Waals surface area contributed by atoms with E-state index in [2.05, 4.69) is 20.3 Å². The number of hydrogen-bond acceptors (Lipinski definition) is 6. The van der Waals surface area contributed by atoms with Crippen LogP contribution in [0, 0.1) is 6.92 Å². The summed E-state index contributed by atoms with van der Waals surface area (Å²) in [6.07, 6.45) is -3.17. The van der Waals surface area contributed by atoms with Crippen molar-refractivity contribution in [2.75, 3.05) is 19.5 Å². The van der Waals surface area contributed by atoms with Gasteiger partial charge in [-0.25, -0.2) is 9.97 Å². The second-order valence-corrected chi connectivity index (χ2v) is 5.82. The second kappa shape index (κ2) is 7.71. The first-order valence-corrected chi connectivity index (χ1v) is 8.19. The van der Waals surface area contributed by atoms with Crippen molar-refractivity contribution in [3.05, 3.63) is 53.9 Å². The summed E-state index contributed by atoms with van der Waals surface area (Å²) >= 11 is 0. The number of hydrogen-bond donors (Lipinski definition) is 1. The molecule has 0 fully saturated rings. The van der Waals surface area contributed by atoms with Gasteiger partial charge in [0.1, 0.15) is 11.5 Å². The van der Waals surface area contributed by atoms with Crippen LogP contribution in [0.1, 0.15) is 11.3 Å². The molecule has 0 saturated carbocycles. The molecule has 2 heterocycles. The van der Waals surface area contributed by atoms with Crippen LogP contribution < -0.4 is 14.8 Å². The van der Waals surface area contributed by atoms with E-state index in [4.69, 9.17) is 9.47 Å². The molecule has 3 aromatic rings. The SMILES string of the molecule is COc1cc(C)c(Nc2cc(C(F)(F)F)nc(-c3ccccn3)n2)cc1OC. The highest BCUT2D eigenvalue weighted by Crippen LogP contribution is 2.35. The van der Waals surface area contributed by atoms with Crippen LogP contribution in [-0.4, -0.2) is 29.2 Å². The molecule has 9 heteroatoms. The van der Waals surface area contributed by atoms with Gasteiger partial charge in [-0.3, -0.25) is 4.98 Å². The molecule has 0 radical (unpaired) electrons. The number of alkyl halides is 3.